The topological polar surface area (TPSA) is 12.5 Å². The molecular formula is C14H19NO. The third-order valence-corrected chi connectivity index (χ3v) is 3.33. The first kappa shape index (κ1) is 11.1. The molecule has 1 aromatic carbocycles. The summed E-state index contributed by atoms with van der Waals surface area (Å²) < 4.78 is 5.74. The highest BCUT2D eigenvalue weighted by Crippen LogP contribution is 2.37. The number of hydrogen-bond acceptors (Lipinski definition) is 2. The SMILES string of the molecule is CCOC1=Cc2ccccc2N(C)C1(C)C. The summed E-state index contributed by atoms with van der Waals surface area (Å²) in [6, 6.07) is 8.41. The first-order valence-electron chi connectivity index (χ1n) is 5.75. The minimum absolute atomic E-state index is 0.0790. The Labute approximate surface area is 97.5 Å². The van der Waals surface area contributed by atoms with Crippen molar-refractivity contribution in [3.05, 3.63) is 35.6 Å². The lowest BCUT2D eigenvalue weighted by Gasteiger charge is -2.42. The van der Waals surface area contributed by atoms with Crippen LogP contribution in [0.4, 0.5) is 5.69 Å². The zero-order valence-corrected chi connectivity index (χ0v) is 10.4. The molecule has 1 heterocycles. The molecule has 0 aliphatic carbocycles. The summed E-state index contributed by atoms with van der Waals surface area (Å²) in [4.78, 5) is 2.27. The minimum atomic E-state index is -0.0790. The highest BCUT2D eigenvalue weighted by Gasteiger charge is 2.34. The number of anilines is 1. The third-order valence-electron chi connectivity index (χ3n) is 3.33. The number of likely N-dealkylation sites (N-methyl/N-ethyl adjacent to an activating group) is 1. The molecule has 0 fully saturated rings. The van der Waals surface area contributed by atoms with E-state index in [1.807, 2.05) is 6.92 Å². The Morgan fingerprint density at radius 2 is 1.94 bits per heavy atom. The van der Waals surface area contributed by atoms with Gasteiger partial charge in [-0.25, -0.2) is 0 Å². The normalized spacial score (nSPS) is 17.8. The fourth-order valence-electron chi connectivity index (χ4n) is 2.07. The molecule has 0 saturated carbocycles. The molecule has 0 spiro atoms. The average Bonchev–Trinajstić information content (AvgIpc) is 2.27. The van der Waals surface area contributed by atoms with Crippen LogP contribution in [0.1, 0.15) is 26.3 Å². The van der Waals surface area contributed by atoms with E-state index < -0.39 is 0 Å². The standard InChI is InChI=1S/C14H19NO/c1-5-16-13-10-11-8-6-7-9-12(11)15(4)14(13,2)3/h6-10H,5H2,1-4H3. The molecule has 2 heteroatoms. The minimum Gasteiger partial charge on any atom is -0.496 e. The third kappa shape index (κ3) is 1.58. The van der Waals surface area contributed by atoms with Gasteiger partial charge in [0.2, 0.25) is 0 Å². The van der Waals surface area contributed by atoms with Crippen molar-refractivity contribution in [2.24, 2.45) is 0 Å². The maximum absolute atomic E-state index is 5.74. The Bertz CT molecular complexity index is 420. The first-order chi connectivity index (χ1) is 7.57. The van der Waals surface area contributed by atoms with E-state index in [4.69, 9.17) is 4.74 Å². The van der Waals surface area contributed by atoms with Gasteiger partial charge in [-0.2, -0.15) is 0 Å². The van der Waals surface area contributed by atoms with Gasteiger partial charge >= 0.3 is 0 Å². The molecule has 0 N–H and O–H groups in total. The van der Waals surface area contributed by atoms with Crippen LogP contribution in [0.15, 0.2) is 30.0 Å². The molecule has 0 amide bonds. The van der Waals surface area contributed by atoms with Gasteiger partial charge in [0.25, 0.3) is 0 Å². The summed E-state index contributed by atoms with van der Waals surface area (Å²) in [6.45, 7) is 7.11. The quantitative estimate of drug-likeness (QED) is 0.753. The lowest BCUT2D eigenvalue weighted by atomic mass is 9.92. The predicted octanol–water partition coefficient (Wildman–Crippen LogP) is 3.29. The van der Waals surface area contributed by atoms with Gasteiger partial charge in [-0.1, -0.05) is 18.2 Å². The van der Waals surface area contributed by atoms with Crippen molar-refractivity contribution in [2.75, 3.05) is 18.6 Å². The van der Waals surface area contributed by atoms with Crippen molar-refractivity contribution in [2.45, 2.75) is 26.3 Å². The first-order valence-corrected chi connectivity index (χ1v) is 5.75. The van der Waals surface area contributed by atoms with E-state index in [1.165, 1.54) is 11.3 Å². The zero-order chi connectivity index (χ0) is 11.8. The van der Waals surface area contributed by atoms with Gasteiger partial charge in [0, 0.05) is 18.3 Å². The maximum atomic E-state index is 5.74. The van der Waals surface area contributed by atoms with E-state index in [9.17, 15) is 0 Å². The monoisotopic (exact) mass is 217 g/mol. The molecule has 0 radical (unpaired) electrons. The Hall–Kier alpha value is -1.44. The number of benzene rings is 1. The van der Waals surface area contributed by atoms with Crippen molar-refractivity contribution < 1.29 is 4.74 Å². The van der Waals surface area contributed by atoms with Crippen molar-refractivity contribution in [1.29, 1.82) is 0 Å². The summed E-state index contributed by atoms with van der Waals surface area (Å²) in [7, 11) is 2.12. The summed E-state index contributed by atoms with van der Waals surface area (Å²) in [5.41, 5.74) is 2.41. The molecule has 1 aliphatic heterocycles. The second-order valence-corrected chi connectivity index (χ2v) is 4.62. The Kier molecular flexibility index (Phi) is 2.66. The van der Waals surface area contributed by atoms with Gasteiger partial charge in [0.15, 0.2) is 0 Å². The second-order valence-electron chi connectivity index (χ2n) is 4.62. The van der Waals surface area contributed by atoms with Gasteiger partial charge in [0.05, 0.1) is 12.1 Å². The molecule has 86 valence electrons. The molecule has 1 aromatic rings. The lowest BCUT2D eigenvalue weighted by Crippen LogP contribution is -2.45. The Morgan fingerprint density at radius 3 is 2.62 bits per heavy atom. The average molecular weight is 217 g/mol. The predicted molar refractivity (Wildman–Crippen MR) is 68.5 cm³/mol. The lowest BCUT2D eigenvalue weighted by molar-refractivity contribution is 0.187. The van der Waals surface area contributed by atoms with Crippen molar-refractivity contribution in [1.82, 2.24) is 0 Å². The fraction of sp³-hybridized carbons (Fsp3) is 0.429. The number of para-hydroxylation sites is 1. The van der Waals surface area contributed by atoms with Crippen LogP contribution in [0, 0.1) is 0 Å². The van der Waals surface area contributed by atoms with E-state index in [1.54, 1.807) is 0 Å². The van der Waals surface area contributed by atoms with Crippen molar-refractivity contribution in [3.63, 3.8) is 0 Å². The molecule has 0 bridgehead atoms. The van der Waals surface area contributed by atoms with Gasteiger partial charge in [0.1, 0.15) is 5.76 Å². The van der Waals surface area contributed by atoms with Crippen LogP contribution in [0.25, 0.3) is 6.08 Å². The zero-order valence-electron chi connectivity index (χ0n) is 10.4. The van der Waals surface area contributed by atoms with E-state index in [-0.39, 0.29) is 5.54 Å². The highest BCUT2D eigenvalue weighted by molar-refractivity contribution is 5.74. The molecule has 1 aliphatic rings. The van der Waals surface area contributed by atoms with Gasteiger partial charge in [-0.15, -0.1) is 0 Å². The molecule has 0 unspecified atom stereocenters. The second kappa shape index (κ2) is 3.85. The van der Waals surface area contributed by atoms with E-state index >= 15 is 0 Å². The van der Waals surface area contributed by atoms with Crippen LogP contribution in [0.5, 0.6) is 0 Å². The number of fused-ring (bicyclic) bond motifs is 1. The summed E-state index contributed by atoms with van der Waals surface area (Å²) in [5.74, 6) is 1.04. The van der Waals surface area contributed by atoms with Crippen LogP contribution in [-0.4, -0.2) is 19.2 Å². The van der Waals surface area contributed by atoms with Crippen LogP contribution < -0.4 is 4.90 Å². The smallest absolute Gasteiger partial charge is 0.122 e. The van der Waals surface area contributed by atoms with Gasteiger partial charge < -0.3 is 9.64 Å². The Balaban J connectivity index is 2.52. The van der Waals surface area contributed by atoms with E-state index in [0.29, 0.717) is 6.61 Å². The molecule has 0 saturated heterocycles. The summed E-state index contributed by atoms with van der Waals surface area (Å²) in [5, 5.41) is 0. The molecular weight excluding hydrogens is 198 g/mol. The summed E-state index contributed by atoms with van der Waals surface area (Å²) >= 11 is 0. The molecule has 0 atom stereocenters. The van der Waals surface area contributed by atoms with Crippen molar-refractivity contribution >= 4 is 11.8 Å². The van der Waals surface area contributed by atoms with Crippen molar-refractivity contribution in [3.8, 4) is 0 Å². The number of rotatable bonds is 2. The Morgan fingerprint density at radius 1 is 1.25 bits per heavy atom. The van der Waals surface area contributed by atoms with Crippen LogP contribution in [0.2, 0.25) is 0 Å². The molecule has 16 heavy (non-hydrogen) atoms. The van der Waals surface area contributed by atoms with E-state index in [0.717, 1.165) is 5.76 Å². The van der Waals surface area contributed by atoms with Gasteiger partial charge in [-0.05, 0) is 32.9 Å². The number of nitrogens with zero attached hydrogens (tertiary/aromatic N) is 1. The van der Waals surface area contributed by atoms with Gasteiger partial charge in [-0.3, -0.25) is 0 Å². The number of ether oxygens (including phenoxy) is 1. The molecule has 0 aromatic heterocycles. The van der Waals surface area contributed by atoms with Crippen LogP contribution in [-0.2, 0) is 4.74 Å². The maximum Gasteiger partial charge on any atom is 0.122 e. The van der Waals surface area contributed by atoms with Crippen LogP contribution >= 0.6 is 0 Å². The highest BCUT2D eigenvalue weighted by atomic mass is 16.5. The molecule has 2 nitrogen and oxygen atoms in total. The molecule has 2 rings (SSSR count). The largest absolute Gasteiger partial charge is 0.496 e. The van der Waals surface area contributed by atoms with Crippen LogP contribution in [0.3, 0.4) is 0 Å². The number of hydrogen-bond donors (Lipinski definition) is 0. The fourth-order valence-corrected chi connectivity index (χ4v) is 2.07. The van der Waals surface area contributed by atoms with E-state index in [2.05, 4.69) is 56.1 Å². The summed E-state index contributed by atoms with van der Waals surface area (Å²) in [6.07, 6.45) is 2.15.